The van der Waals surface area contributed by atoms with Crippen molar-refractivity contribution in [1.82, 2.24) is 16.0 Å². The van der Waals surface area contributed by atoms with Crippen molar-refractivity contribution in [2.24, 2.45) is 0 Å². The number of ether oxygens (including phenoxy) is 5. The van der Waals surface area contributed by atoms with Crippen LogP contribution < -0.4 is 16.0 Å². The molecule has 70 heavy (non-hydrogen) atoms. The normalized spacial score (nSPS) is 29.8. The van der Waals surface area contributed by atoms with Crippen molar-refractivity contribution in [1.29, 1.82) is 0 Å². The lowest BCUT2D eigenvalue weighted by molar-refractivity contribution is -0.231. The molecule has 3 heterocycles. The highest BCUT2D eigenvalue weighted by Crippen LogP contribution is 2.40. The Morgan fingerprint density at radius 3 is 1.17 bits per heavy atom. The number of phenols is 6. The molecule has 0 bridgehead atoms. The first-order valence-corrected chi connectivity index (χ1v) is 20.7. The number of rotatable bonds is 10. The lowest BCUT2D eigenvalue weighted by Gasteiger charge is -2.40. The SMILES string of the molecule is O=C(NC1COC(=O)C(NC(=O)c2cc(C3OC(CO)C(O)C(O)C3O)cc(O)c2O)COC(=O)C(NC(=O)c2cc(C3OC(CO)C(O)C(O)C3O)cc(O)c2O)COC1=O)c1cccc(O)c1O. The lowest BCUT2D eigenvalue weighted by atomic mass is 9.90. The fourth-order valence-electron chi connectivity index (χ4n) is 7.44. The first-order valence-electron chi connectivity index (χ1n) is 20.7. The number of benzene rings is 3. The average molecular weight is 994 g/mol. The maximum atomic E-state index is 13.8. The second-order valence-electron chi connectivity index (χ2n) is 16.0. The van der Waals surface area contributed by atoms with E-state index < -0.39 is 199 Å². The molecule has 3 saturated heterocycles. The molecule has 6 rings (SSSR count). The monoisotopic (exact) mass is 993 g/mol. The standard InChI is InChI=1S/C42H47N3O25/c46-8-24-29(54)31(56)33(58)35(69-24)13-4-16(27(52)22(49)6-13)38(61)44-19-11-67-40(63)18(43-37(60)15-2-1-3-21(48)26(15)51)10-66-41(64)20(12-68-42(19)65)45-39(62)17-5-14(7-23(50)28(17)53)36-34(59)32(57)30(55)25(9-47)70-36/h1-7,18-20,24-25,29-36,46-59H,8-12H2,(H,43,60)(H,44,61)(H,45,62). The Kier molecular flexibility index (Phi) is 16.2. The quantitative estimate of drug-likeness (QED) is 0.0511. The summed E-state index contributed by atoms with van der Waals surface area (Å²) >= 11 is 0. The summed E-state index contributed by atoms with van der Waals surface area (Å²) in [4.78, 5) is 81.6. The van der Waals surface area contributed by atoms with Crippen molar-refractivity contribution in [3.05, 3.63) is 70.3 Å². The Morgan fingerprint density at radius 1 is 0.471 bits per heavy atom. The zero-order chi connectivity index (χ0) is 51.5. The first kappa shape index (κ1) is 52.3. The van der Waals surface area contributed by atoms with E-state index in [2.05, 4.69) is 16.0 Å². The molecule has 3 aromatic rings. The van der Waals surface area contributed by atoms with Gasteiger partial charge < -0.3 is 111 Å². The topological polar surface area (TPSA) is 468 Å². The van der Waals surface area contributed by atoms with Gasteiger partial charge in [-0.05, 0) is 47.5 Å². The molecule has 0 aromatic heterocycles. The smallest absolute Gasteiger partial charge is 0.332 e. The molecule has 3 aliphatic rings. The highest BCUT2D eigenvalue weighted by molar-refractivity contribution is 6.02. The number of amides is 3. The highest BCUT2D eigenvalue weighted by Gasteiger charge is 2.46. The summed E-state index contributed by atoms with van der Waals surface area (Å²) in [5, 5.41) is 151. The molecule has 3 aliphatic heterocycles. The number of aliphatic hydroxyl groups excluding tert-OH is 8. The number of hydrogen-bond acceptors (Lipinski definition) is 25. The minimum absolute atomic E-state index is 0.323. The number of para-hydroxylation sites is 1. The van der Waals surface area contributed by atoms with Gasteiger partial charge in [0.05, 0.1) is 29.9 Å². The number of carbonyl (C=O) groups excluding carboxylic acids is 6. The van der Waals surface area contributed by atoms with Crippen LogP contribution in [-0.2, 0) is 38.1 Å². The number of nitrogens with one attached hydrogen (secondary N) is 3. The zero-order valence-corrected chi connectivity index (χ0v) is 35.8. The maximum absolute atomic E-state index is 13.8. The molecule has 17 N–H and O–H groups in total. The van der Waals surface area contributed by atoms with Crippen molar-refractivity contribution < 1.29 is 124 Å². The molecule has 0 saturated carbocycles. The molecule has 13 unspecified atom stereocenters. The molecule has 0 radical (unpaired) electrons. The van der Waals surface area contributed by atoms with Gasteiger partial charge in [-0.15, -0.1) is 0 Å². The number of aromatic hydroxyl groups is 6. The van der Waals surface area contributed by atoms with E-state index in [0.717, 1.165) is 42.5 Å². The molecular formula is C42H47N3O25. The van der Waals surface area contributed by atoms with Crippen LogP contribution in [0.5, 0.6) is 34.5 Å². The summed E-state index contributed by atoms with van der Waals surface area (Å²) in [5.74, 6) is -14.8. The number of carbonyl (C=O) groups is 6. The van der Waals surface area contributed by atoms with Crippen LogP contribution in [0.1, 0.15) is 54.4 Å². The molecule has 3 aromatic carbocycles. The van der Waals surface area contributed by atoms with Gasteiger partial charge in [-0.1, -0.05) is 6.07 Å². The Morgan fingerprint density at radius 2 is 0.814 bits per heavy atom. The number of cyclic esters (lactones) is 3. The van der Waals surface area contributed by atoms with Gasteiger partial charge in [0, 0.05) is 0 Å². The Balaban J connectivity index is 1.30. The van der Waals surface area contributed by atoms with Crippen LogP contribution in [0, 0.1) is 0 Å². The second-order valence-corrected chi connectivity index (χ2v) is 16.0. The van der Waals surface area contributed by atoms with E-state index in [9.17, 15) is 100 Å². The summed E-state index contributed by atoms with van der Waals surface area (Å²) in [5.41, 5.74) is -2.98. The number of esters is 3. The van der Waals surface area contributed by atoms with Gasteiger partial charge in [-0.3, -0.25) is 14.4 Å². The Hall–Kier alpha value is -7.12. The minimum Gasteiger partial charge on any atom is -0.504 e. The van der Waals surface area contributed by atoms with Gasteiger partial charge in [0.1, 0.15) is 80.9 Å². The van der Waals surface area contributed by atoms with E-state index in [1.54, 1.807) is 0 Å². The molecule has 28 nitrogen and oxygen atoms in total. The molecule has 3 fully saturated rings. The maximum Gasteiger partial charge on any atom is 0.332 e. The molecule has 380 valence electrons. The van der Waals surface area contributed by atoms with Crippen LogP contribution >= 0.6 is 0 Å². The van der Waals surface area contributed by atoms with Crippen molar-refractivity contribution in [3.63, 3.8) is 0 Å². The summed E-state index contributed by atoms with van der Waals surface area (Å²) in [7, 11) is 0. The number of aliphatic hydroxyl groups is 8. The largest absolute Gasteiger partial charge is 0.504 e. The lowest BCUT2D eigenvalue weighted by Crippen LogP contribution is -2.55. The van der Waals surface area contributed by atoms with Crippen LogP contribution in [0.25, 0.3) is 0 Å². The van der Waals surface area contributed by atoms with Crippen LogP contribution in [0.4, 0.5) is 0 Å². The van der Waals surface area contributed by atoms with E-state index in [4.69, 9.17) is 23.7 Å². The third kappa shape index (κ3) is 10.8. The fraction of sp³-hybridized carbons (Fsp3) is 0.429. The summed E-state index contributed by atoms with van der Waals surface area (Å²) in [6.07, 6.45) is -17.6. The van der Waals surface area contributed by atoms with Gasteiger partial charge in [-0.2, -0.15) is 0 Å². The van der Waals surface area contributed by atoms with E-state index in [1.165, 1.54) is 0 Å². The molecule has 3 amide bonds. The van der Waals surface area contributed by atoms with Gasteiger partial charge in [0.15, 0.2) is 52.6 Å². The fourth-order valence-corrected chi connectivity index (χ4v) is 7.44. The summed E-state index contributed by atoms with van der Waals surface area (Å²) < 4.78 is 26.5. The van der Waals surface area contributed by atoms with Crippen molar-refractivity contribution in [2.75, 3.05) is 33.0 Å². The Bertz CT molecular complexity index is 2380. The Labute approximate surface area is 392 Å². The van der Waals surface area contributed by atoms with Gasteiger partial charge in [0.25, 0.3) is 17.7 Å². The number of phenolic OH excluding ortho intramolecular Hbond substituents is 6. The third-order valence-corrected chi connectivity index (χ3v) is 11.4. The van der Waals surface area contributed by atoms with Gasteiger partial charge >= 0.3 is 17.9 Å². The van der Waals surface area contributed by atoms with E-state index >= 15 is 0 Å². The van der Waals surface area contributed by atoms with Crippen molar-refractivity contribution in [3.8, 4) is 34.5 Å². The van der Waals surface area contributed by atoms with Crippen LogP contribution in [0.15, 0.2) is 42.5 Å². The first-order chi connectivity index (χ1) is 33.1. The average Bonchev–Trinajstić information content (AvgIpc) is 3.33. The molecule has 28 heteroatoms. The number of hydrogen-bond donors (Lipinski definition) is 17. The molecule has 0 spiro atoms. The highest BCUT2D eigenvalue weighted by atomic mass is 16.6. The second kappa shape index (κ2) is 21.7. The zero-order valence-electron chi connectivity index (χ0n) is 35.8. The van der Waals surface area contributed by atoms with E-state index in [1.807, 2.05) is 0 Å². The van der Waals surface area contributed by atoms with E-state index in [0.29, 0.717) is 0 Å². The molecule has 0 aliphatic carbocycles. The van der Waals surface area contributed by atoms with Crippen molar-refractivity contribution in [2.45, 2.75) is 79.2 Å². The summed E-state index contributed by atoms with van der Waals surface area (Å²) in [6, 6.07) is 0.0563. The third-order valence-electron chi connectivity index (χ3n) is 11.4. The van der Waals surface area contributed by atoms with Gasteiger partial charge in [-0.25, -0.2) is 14.4 Å². The molecule has 13 atom stereocenters. The van der Waals surface area contributed by atoms with Crippen LogP contribution in [0.2, 0.25) is 0 Å². The van der Waals surface area contributed by atoms with Crippen molar-refractivity contribution >= 4 is 35.6 Å². The van der Waals surface area contributed by atoms with E-state index in [-0.39, 0.29) is 11.1 Å². The minimum atomic E-state index is -2.15. The predicted molar refractivity (Wildman–Crippen MR) is 221 cm³/mol. The van der Waals surface area contributed by atoms with Crippen LogP contribution in [0.3, 0.4) is 0 Å². The van der Waals surface area contributed by atoms with Gasteiger partial charge in [0.2, 0.25) is 0 Å². The predicted octanol–water partition coefficient (Wildman–Crippen LogP) is -5.71. The summed E-state index contributed by atoms with van der Waals surface area (Å²) in [6.45, 7) is -5.27. The molecular weight excluding hydrogens is 946 g/mol. The van der Waals surface area contributed by atoms with Crippen LogP contribution in [-0.4, -0.2) is 207 Å².